The van der Waals surface area contributed by atoms with Gasteiger partial charge in [0.1, 0.15) is 0 Å². The summed E-state index contributed by atoms with van der Waals surface area (Å²) < 4.78 is 88.6. The normalized spacial score (nSPS) is 12.7. The zero-order valence-electron chi connectivity index (χ0n) is 36.6. The third-order valence-electron chi connectivity index (χ3n) is 8.32. The molecule has 2 aliphatic rings. The Bertz CT molecular complexity index is 1860. The van der Waals surface area contributed by atoms with Crippen molar-refractivity contribution in [1.29, 1.82) is 0 Å². The Hall–Kier alpha value is -3.06. The molecule has 2 fully saturated rings. The van der Waals surface area contributed by atoms with E-state index in [2.05, 4.69) is 29.9 Å². The van der Waals surface area contributed by atoms with Gasteiger partial charge in [0.2, 0.25) is 0 Å². The van der Waals surface area contributed by atoms with Crippen LogP contribution in [0.4, 0.5) is 0 Å². The minimum Gasteiger partial charge on any atom is -0.811 e. The molecule has 8 rings (SSSR count). The van der Waals surface area contributed by atoms with Gasteiger partial charge in [0.05, 0.1) is 34.2 Å². The van der Waals surface area contributed by atoms with E-state index in [1.54, 1.807) is 37.2 Å². The molecule has 6 aromatic heterocycles. The first-order valence-corrected chi connectivity index (χ1v) is 25.0. The van der Waals surface area contributed by atoms with Crippen LogP contribution in [0.5, 0.6) is 0 Å². The molecule has 6 aromatic rings. The van der Waals surface area contributed by atoms with Crippen LogP contribution in [0.25, 0.3) is 34.2 Å². The Labute approximate surface area is 441 Å². The van der Waals surface area contributed by atoms with Crippen molar-refractivity contribution in [3.63, 3.8) is 0 Å². The van der Waals surface area contributed by atoms with E-state index in [9.17, 15) is 28.7 Å². The van der Waals surface area contributed by atoms with Crippen molar-refractivity contribution in [3.8, 4) is 34.2 Å². The summed E-state index contributed by atoms with van der Waals surface area (Å²) in [5.74, 6) is 0. The first kappa shape index (κ1) is 73.5. The molecule has 3 radical (unpaired) electrons. The molecule has 29 heteroatoms. The van der Waals surface area contributed by atoms with Crippen LogP contribution in [-0.2, 0) is 65.8 Å². The Balaban J connectivity index is -0.000000365. The van der Waals surface area contributed by atoms with Gasteiger partial charge in [-0.1, -0.05) is 77.3 Å². The summed E-state index contributed by atoms with van der Waals surface area (Å²) in [4.78, 5) is 66.3. The van der Waals surface area contributed by atoms with Crippen molar-refractivity contribution in [2.75, 3.05) is 7.11 Å². The summed E-state index contributed by atoms with van der Waals surface area (Å²) in [6.45, 7) is 0. The Morgan fingerprint density at radius 2 is 0.529 bits per heavy atom. The molecule has 395 valence electrons. The summed E-state index contributed by atoms with van der Waals surface area (Å²) in [5, 5.41) is 7.00. The molecular formula is C41H49Cl2Cu3N6O16P2+. The van der Waals surface area contributed by atoms with Crippen LogP contribution in [0.2, 0.25) is 0 Å². The number of hydrogen-bond acceptors (Lipinski definition) is 21. The molecule has 2 aliphatic carbocycles. The standard InChI is InChI=1S/3C10H8N2.2C5H11O3P.CH4O.2ClHO4.3Cu.H2O/c3*1-3-7-11-9(5-1)10-6-2-4-8-12-10;2*6-9(7,8)5-3-1-2-4-5;1-2;2*2-1(3,4)5;;;;/h3*1-8H;2*5H,1-4H2,(H2,6,7,8);2H,1H3;2*(H,2,3,4,5);;;;1H2/q;;;;;;;;3*+2;/p-5. The second-order valence-corrected chi connectivity index (χ2v) is 18.1. The quantitative estimate of drug-likeness (QED) is 0.0962. The maximum atomic E-state index is 10.3. The van der Waals surface area contributed by atoms with Gasteiger partial charge < -0.3 is 39.3 Å². The monoisotopic (exact) mass is 1200 g/mol. The molecule has 0 amide bonds. The van der Waals surface area contributed by atoms with Crippen molar-refractivity contribution in [1.82, 2.24) is 29.9 Å². The van der Waals surface area contributed by atoms with Crippen molar-refractivity contribution >= 4 is 15.2 Å². The number of nitrogens with zero attached hydrogens (tertiary/aromatic N) is 6. The predicted molar refractivity (Wildman–Crippen MR) is 215 cm³/mol. The van der Waals surface area contributed by atoms with E-state index < -0.39 is 47.0 Å². The molecule has 6 heterocycles. The van der Waals surface area contributed by atoms with E-state index in [-0.39, 0.29) is 56.7 Å². The van der Waals surface area contributed by atoms with Crippen LogP contribution >= 0.6 is 15.2 Å². The maximum Gasteiger partial charge on any atom is 2.00 e. The van der Waals surface area contributed by atoms with Gasteiger partial charge in [-0.3, -0.25) is 29.9 Å². The van der Waals surface area contributed by atoms with E-state index in [0.717, 1.165) is 67.0 Å². The van der Waals surface area contributed by atoms with Gasteiger partial charge >= 0.3 is 51.2 Å². The van der Waals surface area contributed by atoms with Crippen molar-refractivity contribution in [2.45, 2.75) is 62.7 Å². The first-order chi connectivity index (χ1) is 31.1. The molecule has 0 aliphatic heterocycles. The smallest absolute Gasteiger partial charge is 0.811 e. The van der Waals surface area contributed by atoms with E-state index in [0.29, 0.717) is 25.7 Å². The molecule has 0 saturated heterocycles. The molecule has 2 saturated carbocycles. The summed E-state index contributed by atoms with van der Waals surface area (Å²) in [7, 11) is -17.3. The Morgan fingerprint density at radius 1 is 0.386 bits per heavy atom. The molecule has 0 bridgehead atoms. The van der Waals surface area contributed by atoms with Crippen molar-refractivity contribution in [3.05, 3.63) is 146 Å². The number of aliphatic hydroxyl groups excluding tert-OH is 1. The third-order valence-corrected chi connectivity index (χ3v) is 11.1. The molecule has 0 aromatic carbocycles. The maximum absolute atomic E-state index is 10.3. The molecule has 70 heavy (non-hydrogen) atoms. The average Bonchev–Trinajstić information content (AvgIpc) is 4.06. The van der Waals surface area contributed by atoms with E-state index in [4.69, 9.17) is 42.4 Å². The second-order valence-electron chi connectivity index (χ2n) is 13.0. The van der Waals surface area contributed by atoms with Crippen LogP contribution in [-0.4, -0.2) is 53.4 Å². The number of aromatic nitrogens is 6. The zero-order valence-corrected chi connectivity index (χ0v) is 42.8. The second kappa shape index (κ2) is 40.4. The van der Waals surface area contributed by atoms with Gasteiger partial charge in [-0.05, 0) is 110 Å². The van der Waals surface area contributed by atoms with Gasteiger partial charge in [0.15, 0.2) is 0 Å². The molecule has 0 unspecified atom stereocenters. The Morgan fingerprint density at radius 3 is 0.614 bits per heavy atom. The first-order valence-electron chi connectivity index (χ1n) is 19.3. The summed E-state index contributed by atoms with van der Waals surface area (Å²) in [6.07, 6.45) is 16.6. The van der Waals surface area contributed by atoms with Gasteiger partial charge in [-0.25, -0.2) is 37.3 Å². The van der Waals surface area contributed by atoms with E-state index in [1.807, 2.05) is 109 Å². The van der Waals surface area contributed by atoms with Gasteiger partial charge in [-0.2, -0.15) is 0 Å². The van der Waals surface area contributed by atoms with E-state index >= 15 is 0 Å². The van der Waals surface area contributed by atoms with Crippen molar-refractivity contribution < 1.29 is 148 Å². The van der Waals surface area contributed by atoms with Crippen LogP contribution in [0.3, 0.4) is 0 Å². The summed E-state index contributed by atoms with van der Waals surface area (Å²) in [5.41, 5.74) is 4.40. The predicted octanol–water partition coefficient (Wildman–Crippen LogP) is -4.72. The minimum atomic E-state index is -4.94. The minimum absolute atomic E-state index is 0. The number of halogens is 2. The molecule has 22 nitrogen and oxygen atoms in total. The SMILES string of the molecule is CO.O=P([O-])([O-])C1CCCC1.O=P([O-])([O-])C1CCCC1.[Cu+2].[Cu+2].[Cu+2].[O-][Cl+3]([O-])([O-])[O-].[O-][Cl+3]([O-])([O-])[O-].[OH3+].c1ccc(-c2ccccn2)nc1.c1ccc(-c2ccccn2)nc1.c1ccc(-c2ccccn2)nc1. The third kappa shape index (κ3) is 38.6. The molecular weight excluding hydrogens is 1160 g/mol. The number of pyridine rings is 6. The fourth-order valence-electron chi connectivity index (χ4n) is 5.53. The fraction of sp³-hybridized carbons (Fsp3) is 0.268. The molecule has 0 spiro atoms. The molecule has 4 N–H and O–H groups in total. The topological polar surface area (TPSA) is 441 Å². The van der Waals surface area contributed by atoms with Gasteiger partial charge in [0, 0.05) is 44.3 Å². The van der Waals surface area contributed by atoms with Crippen molar-refractivity contribution in [2.24, 2.45) is 0 Å². The van der Waals surface area contributed by atoms with E-state index in [1.165, 1.54) is 0 Å². The number of rotatable bonds is 5. The van der Waals surface area contributed by atoms with Crippen LogP contribution < -0.4 is 56.8 Å². The van der Waals surface area contributed by atoms with Crippen LogP contribution in [0.1, 0.15) is 51.4 Å². The Kier molecular flexibility index (Phi) is 42.4. The summed E-state index contributed by atoms with van der Waals surface area (Å²) in [6, 6.07) is 34.8. The van der Waals surface area contributed by atoms with Gasteiger partial charge in [-0.15, -0.1) is 20.5 Å². The van der Waals surface area contributed by atoms with Gasteiger partial charge in [0.25, 0.3) is 0 Å². The molecule has 0 atom stereocenters. The van der Waals surface area contributed by atoms with Crippen LogP contribution in [0.15, 0.2) is 146 Å². The fourth-order valence-corrected chi connectivity index (χ4v) is 7.52. The number of aliphatic hydroxyl groups is 1. The largest absolute Gasteiger partial charge is 2.00 e. The zero-order chi connectivity index (χ0) is 49.5. The summed E-state index contributed by atoms with van der Waals surface area (Å²) >= 11 is 0. The number of hydrogen-bond donors (Lipinski definition) is 1. The average molecular weight is 1210 g/mol. The van der Waals surface area contributed by atoms with Crippen LogP contribution in [0, 0.1) is 20.5 Å².